The number of imidazole rings is 1. The summed E-state index contributed by atoms with van der Waals surface area (Å²) in [5.41, 5.74) is 1.44. The van der Waals surface area contributed by atoms with Crippen molar-refractivity contribution in [3.05, 3.63) is 51.7 Å². The Balaban J connectivity index is 2.28. The van der Waals surface area contributed by atoms with Crippen LogP contribution in [-0.4, -0.2) is 20.3 Å². The van der Waals surface area contributed by atoms with Crippen LogP contribution in [0, 0.1) is 10.1 Å². The van der Waals surface area contributed by atoms with Crippen LogP contribution in [0.4, 0.5) is 5.69 Å². The minimum Gasteiger partial charge on any atom is -0.294 e. The number of thiophene rings is 1. The highest BCUT2D eigenvalue weighted by molar-refractivity contribution is 7.17. The number of Topliss-reactive ketones (excluding diaryl/α,β-unsaturated/α-hetero) is 1. The van der Waals surface area contributed by atoms with Crippen LogP contribution >= 0.6 is 11.3 Å². The van der Waals surface area contributed by atoms with Crippen LogP contribution in [0.1, 0.15) is 16.6 Å². The zero-order chi connectivity index (χ0) is 14.3. The van der Waals surface area contributed by atoms with Gasteiger partial charge in [0, 0.05) is 6.07 Å². The summed E-state index contributed by atoms with van der Waals surface area (Å²) in [5.74, 6) is -0.186. The van der Waals surface area contributed by atoms with Crippen molar-refractivity contribution >= 4 is 33.8 Å². The van der Waals surface area contributed by atoms with Gasteiger partial charge < -0.3 is 0 Å². The fourth-order valence-electron chi connectivity index (χ4n) is 1.97. The molecule has 2 heterocycles. The predicted molar refractivity (Wildman–Crippen MR) is 75.6 cm³/mol. The Labute approximate surface area is 117 Å². The summed E-state index contributed by atoms with van der Waals surface area (Å²) in [5, 5.41) is 11.6. The van der Waals surface area contributed by atoms with E-state index in [9.17, 15) is 14.9 Å². The molecule has 6 nitrogen and oxygen atoms in total. The van der Waals surface area contributed by atoms with Crippen molar-refractivity contribution in [2.24, 2.45) is 0 Å². The van der Waals surface area contributed by atoms with Gasteiger partial charge >= 0.3 is 5.69 Å². The molecule has 0 aliphatic carbocycles. The summed E-state index contributed by atoms with van der Waals surface area (Å²) in [6.07, 6.45) is 1.54. The first-order valence-electron chi connectivity index (χ1n) is 5.79. The van der Waals surface area contributed by atoms with Gasteiger partial charge in [-0.3, -0.25) is 19.5 Å². The molecule has 1 aromatic carbocycles. The first kappa shape index (κ1) is 12.5. The van der Waals surface area contributed by atoms with Gasteiger partial charge in [0.25, 0.3) is 0 Å². The predicted octanol–water partition coefficient (Wildman–Crippen LogP) is 3.20. The van der Waals surface area contributed by atoms with E-state index in [0.29, 0.717) is 9.88 Å². The fourth-order valence-corrected chi connectivity index (χ4v) is 2.97. The first-order chi connectivity index (χ1) is 9.58. The average molecular weight is 287 g/mol. The molecule has 20 heavy (non-hydrogen) atoms. The lowest BCUT2D eigenvalue weighted by Gasteiger charge is -1.99. The summed E-state index contributed by atoms with van der Waals surface area (Å²) >= 11 is 1.10. The van der Waals surface area contributed by atoms with Crippen molar-refractivity contribution < 1.29 is 9.72 Å². The Hall–Kier alpha value is -2.54. The molecular formula is C13H9N3O3S. The van der Waals surface area contributed by atoms with Crippen molar-refractivity contribution in [1.29, 1.82) is 0 Å². The average Bonchev–Trinajstić information content (AvgIpc) is 3.02. The highest BCUT2D eigenvalue weighted by atomic mass is 32.1. The van der Waals surface area contributed by atoms with Crippen LogP contribution in [-0.2, 0) is 0 Å². The summed E-state index contributed by atoms with van der Waals surface area (Å²) < 4.78 is 1.64. The van der Waals surface area contributed by atoms with Crippen molar-refractivity contribution in [1.82, 2.24) is 9.55 Å². The van der Waals surface area contributed by atoms with Gasteiger partial charge in [0.1, 0.15) is 6.33 Å². The molecule has 0 radical (unpaired) electrons. The van der Waals surface area contributed by atoms with E-state index in [1.165, 1.54) is 19.3 Å². The molecule has 3 rings (SSSR count). The largest absolute Gasteiger partial charge is 0.305 e. The normalized spacial score (nSPS) is 10.8. The van der Waals surface area contributed by atoms with E-state index >= 15 is 0 Å². The quantitative estimate of drug-likeness (QED) is 0.421. The maximum atomic E-state index is 11.4. The minimum atomic E-state index is -0.479. The summed E-state index contributed by atoms with van der Waals surface area (Å²) in [6.45, 7) is 1.39. The number of hydrogen-bond acceptors (Lipinski definition) is 5. The molecule has 0 atom stereocenters. The van der Waals surface area contributed by atoms with Crippen molar-refractivity contribution in [3.8, 4) is 5.00 Å². The first-order valence-corrected chi connectivity index (χ1v) is 6.61. The molecule has 0 aliphatic rings. The number of para-hydroxylation sites is 2. The van der Waals surface area contributed by atoms with E-state index in [0.717, 1.165) is 22.4 Å². The molecule has 0 saturated carbocycles. The number of aromatic nitrogens is 2. The van der Waals surface area contributed by atoms with E-state index in [1.807, 2.05) is 24.3 Å². The van der Waals surface area contributed by atoms with Crippen molar-refractivity contribution in [2.45, 2.75) is 6.92 Å². The summed E-state index contributed by atoms with van der Waals surface area (Å²) in [7, 11) is 0. The maximum Gasteiger partial charge on any atom is 0.305 e. The third-order valence-electron chi connectivity index (χ3n) is 2.91. The summed E-state index contributed by atoms with van der Waals surface area (Å²) in [4.78, 5) is 26.7. The highest BCUT2D eigenvalue weighted by Crippen LogP contribution is 2.34. The second-order valence-corrected chi connectivity index (χ2v) is 5.25. The van der Waals surface area contributed by atoms with Gasteiger partial charge in [-0.2, -0.15) is 0 Å². The smallest absolute Gasteiger partial charge is 0.294 e. The number of nitro groups is 1. The van der Waals surface area contributed by atoms with Crippen LogP contribution in [0.3, 0.4) is 0 Å². The van der Waals surface area contributed by atoms with Crippen LogP contribution in [0.5, 0.6) is 0 Å². The molecular weight excluding hydrogens is 278 g/mol. The molecule has 0 spiro atoms. The molecule has 0 N–H and O–H groups in total. The third-order valence-corrected chi connectivity index (χ3v) is 4.13. The van der Waals surface area contributed by atoms with Gasteiger partial charge in [0.15, 0.2) is 10.8 Å². The second-order valence-electron chi connectivity index (χ2n) is 4.22. The minimum absolute atomic E-state index is 0.0802. The zero-order valence-corrected chi connectivity index (χ0v) is 11.3. The highest BCUT2D eigenvalue weighted by Gasteiger charge is 2.23. The van der Waals surface area contributed by atoms with Crippen LogP contribution in [0.25, 0.3) is 16.0 Å². The topological polar surface area (TPSA) is 78.0 Å². The van der Waals surface area contributed by atoms with Gasteiger partial charge in [-0.15, -0.1) is 11.3 Å². The van der Waals surface area contributed by atoms with Gasteiger partial charge in [-0.1, -0.05) is 12.1 Å². The Morgan fingerprint density at radius 3 is 2.85 bits per heavy atom. The molecule has 0 saturated heterocycles. The van der Waals surface area contributed by atoms with Crippen LogP contribution in [0.2, 0.25) is 0 Å². The summed E-state index contributed by atoms with van der Waals surface area (Å²) in [6, 6.07) is 8.67. The standard InChI is InChI=1S/C13H9N3O3S/c1-8(17)12-6-11(16(18)19)13(20-12)15-7-14-9-4-2-3-5-10(9)15/h2-7H,1H3. The Morgan fingerprint density at radius 2 is 2.15 bits per heavy atom. The van der Waals surface area contributed by atoms with E-state index in [2.05, 4.69) is 4.98 Å². The number of carbonyl (C=O) groups excluding carboxylic acids is 1. The van der Waals surface area contributed by atoms with Crippen molar-refractivity contribution in [3.63, 3.8) is 0 Å². The van der Waals surface area contributed by atoms with E-state index < -0.39 is 4.92 Å². The molecule has 2 aromatic heterocycles. The van der Waals surface area contributed by atoms with Gasteiger partial charge in [0.2, 0.25) is 0 Å². The lowest BCUT2D eigenvalue weighted by atomic mass is 10.3. The Bertz CT molecular complexity index is 834. The maximum absolute atomic E-state index is 11.4. The molecule has 0 aliphatic heterocycles. The van der Waals surface area contributed by atoms with Crippen molar-refractivity contribution in [2.75, 3.05) is 0 Å². The Kier molecular flexibility index (Phi) is 2.83. The third kappa shape index (κ3) is 1.88. The number of carbonyl (C=O) groups is 1. The molecule has 3 aromatic rings. The Morgan fingerprint density at radius 1 is 1.40 bits per heavy atom. The SMILES string of the molecule is CC(=O)c1cc([N+](=O)[O-])c(-n2cnc3ccccc32)s1. The number of ketones is 1. The van der Waals surface area contributed by atoms with Gasteiger partial charge in [-0.25, -0.2) is 4.98 Å². The molecule has 0 fully saturated rings. The molecule has 0 bridgehead atoms. The van der Waals surface area contributed by atoms with E-state index in [-0.39, 0.29) is 11.5 Å². The zero-order valence-electron chi connectivity index (χ0n) is 10.4. The molecule has 7 heteroatoms. The molecule has 0 amide bonds. The van der Waals surface area contributed by atoms with E-state index in [4.69, 9.17) is 0 Å². The number of hydrogen-bond donors (Lipinski definition) is 0. The van der Waals surface area contributed by atoms with E-state index in [1.54, 1.807) is 4.57 Å². The van der Waals surface area contributed by atoms with Crippen LogP contribution in [0.15, 0.2) is 36.7 Å². The molecule has 100 valence electrons. The monoisotopic (exact) mass is 287 g/mol. The lowest BCUT2D eigenvalue weighted by molar-refractivity contribution is -0.384. The van der Waals surface area contributed by atoms with Gasteiger partial charge in [0.05, 0.1) is 20.8 Å². The van der Waals surface area contributed by atoms with Gasteiger partial charge in [-0.05, 0) is 19.1 Å². The lowest BCUT2D eigenvalue weighted by Crippen LogP contribution is -1.94. The fraction of sp³-hybridized carbons (Fsp3) is 0.0769. The molecule has 0 unspecified atom stereocenters. The number of benzene rings is 1. The number of rotatable bonds is 3. The number of fused-ring (bicyclic) bond motifs is 1. The second kappa shape index (κ2) is 4.53. The number of nitrogens with zero attached hydrogens (tertiary/aromatic N) is 3. The van der Waals surface area contributed by atoms with Crippen LogP contribution < -0.4 is 0 Å².